The van der Waals surface area contributed by atoms with Crippen molar-refractivity contribution < 1.29 is 4.74 Å². The molecule has 3 heterocycles. The van der Waals surface area contributed by atoms with Crippen LogP contribution < -0.4 is 4.90 Å². The average molecular weight is 315 g/mol. The highest BCUT2D eigenvalue weighted by atomic mass is 16.5. The van der Waals surface area contributed by atoms with Crippen LogP contribution in [0.4, 0.5) is 5.82 Å². The van der Waals surface area contributed by atoms with E-state index in [1.54, 1.807) is 6.33 Å². The van der Waals surface area contributed by atoms with E-state index in [9.17, 15) is 0 Å². The molecule has 1 saturated carbocycles. The summed E-state index contributed by atoms with van der Waals surface area (Å²) >= 11 is 0. The monoisotopic (exact) mass is 315 g/mol. The van der Waals surface area contributed by atoms with Gasteiger partial charge in [0.15, 0.2) is 17.0 Å². The van der Waals surface area contributed by atoms with E-state index in [2.05, 4.69) is 31.5 Å². The molecule has 2 aliphatic rings. The minimum Gasteiger partial charge on any atom is -0.376 e. The van der Waals surface area contributed by atoms with Gasteiger partial charge in [0.05, 0.1) is 19.0 Å². The molecule has 0 N–H and O–H groups in total. The van der Waals surface area contributed by atoms with Crippen LogP contribution >= 0.6 is 0 Å². The predicted molar refractivity (Wildman–Crippen MR) is 89.6 cm³/mol. The van der Waals surface area contributed by atoms with Crippen LogP contribution in [0.1, 0.15) is 44.9 Å². The summed E-state index contributed by atoms with van der Waals surface area (Å²) in [6.45, 7) is 1.71. The highest BCUT2D eigenvalue weighted by molar-refractivity contribution is 5.83. The maximum absolute atomic E-state index is 5.75. The van der Waals surface area contributed by atoms with Gasteiger partial charge in [0.25, 0.3) is 0 Å². The highest BCUT2D eigenvalue weighted by Gasteiger charge is 2.23. The molecule has 0 spiro atoms. The number of rotatable bonds is 4. The second-order valence-corrected chi connectivity index (χ2v) is 6.80. The maximum Gasteiger partial charge on any atom is 0.165 e. The third kappa shape index (κ3) is 2.92. The van der Waals surface area contributed by atoms with Gasteiger partial charge >= 0.3 is 0 Å². The van der Waals surface area contributed by atoms with E-state index in [0.717, 1.165) is 43.0 Å². The lowest BCUT2D eigenvalue weighted by Gasteiger charge is -2.32. The van der Waals surface area contributed by atoms with E-state index in [1.807, 2.05) is 6.33 Å². The molecule has 1 atom stereocenters. The molecule has 0 bridgehead atoms. The van der Waals surface area contributed by atoms with Gasteiger partial charge in [-0.2, -0.15) is 0 Å². The Morgan fingerprint density at radius 2 is 2.00 bits per heavy atom. The molecule has 1 aliphatic carbocycles. The number of anilines is 1. The van der Waals surface area contributed by atoms with Crippen molar-refractivity contribution in [3.8, 4) is 0 Å². The minimum absolute atomic E-state index is 0.293. The number of aromatic nitrogens is 4. The molecule has 0 amide bonds. The Morgan fingerprint density at radius 3 is 2.78 bits per heavy atom. The van der Waals surface area contributed by atoms with E-state index in [1.165, 1.54) is 32.1 Å². The van der Waals surface area contributed by atoms with Gasteiger partial charge in [-0.15, -0.1) is 0 Å². The lowest BCUT2D eigenvalue weighted by Crippen LogP contribution is -2.34. The molecule has 4 rings (SSSR count). The summed E-state index contributed by atoms with van der Waals surface area (Å²) in [6.07, 6.45) is 12.6. The first kappa shape index (κ1) is 14.9. The van der Waals surface area contributed by atoms with E-state index >= 15 is 0 Å². The van der Waals surface area contributed by atoms with Crippen LogP contribution in [0.2, 0.25) is 0 Å². The normalized spacial score (nSPS) is 22.7. The molecule has 2 aromatic heterocycles. The summed E-state index contributed by atoms with van der Waals surface area (Å²) in [7, 11) is 2.15. The number of ether oxygens (including phenoxy) is 1. The number of hydrogen-bond acceptors (Lipinski definition) is 5. The van der Waals surface area contributed by atoms with Crippen molar-refractivity contribution in [1.82, 2.24) is 19.5 Å². The van der Waals surface area contributed by atoms with Gasteiger partial charge in [-0.25, -0.2) is 15.0 Å². The van der Waals surface area contributed by atoms with Crippen LogP contribution in [0, 0.1) is 0 Å². The van der Waals surface area contributed by atoms with Crippen LogP contribution in [0.3, 0.4) is 0 Å². The van der Waals surface area contributed by atoms with Crippen molar-refractivity contribution in [2.45, 2.75) is 63.6 Å². The molecule has 23 heavy (non-hydrogen) atoms. The first-order valence-corrected chi connectivity index (χ1v) is 8.83. The topological polar surface area (TPSA) is 56.1 Å². The second-order valence-electron chi connectivity index (χ2n) is 6.80. The molecule has 1 aliphatic heterocycles. The summed E-state index contributed by atoms with van der Waals surface area (Å²) in [5.41, 5.74) is 1.84. The molecule has 2 fully saturated rings. The van der Waals surface area contributed by atoms with Crippen LogP contribution in [0.25, 0.3) is 11.2 Å². The number of hydrogen-bond donors (Lipinski definition) is 0. The molecular weight excluding hydrogens is 290 g/mol. The van der Waals surface area contributed by atoms with Gasteiger partial charge in [0.2, 0.25) is 0 Å². The van der Waals surface area contributed by atoms with E-state index < -0.39 is 0 Å². The van der Waals surface area contributed by atoms with Gasteiger partial charge in [0, 0.05) is 19.7 Å². The lowest BCUT2D eigenvalue weighted by molar-refractivity contribution is 0.0978. The Balaban J connectivity index is 1.61. The summed E-state index contributed by atoms with van der Waals surface area (Å²) in [5, 5.41) is 0. The van der Waals surface area contributed by atoms with E-state index in [-0.39, 0.29) is 0 Å². The summed E-state index contributed by atoms with van der Waals surface area (Å²) in [4.78, 5) is 15.9. The van der Waals surface area contributed by atoms with Gasteiger partial charge in [0.1, 0.15) is 6.33 Å². The highest BCUT2D eigenvalue weighted by Crippen LogP contribution is 2.28. The van der Waals surface area contributed by atoms with Crippen LogP contribution in [0.15, 0.2) is 12.7 Å². The van der Waals surface area contributed by atoms with Crippen LogP contribution in [0.5, 0.6) is 0 Å². The second kappa shape index (κ2) is 6.43. The van der Waals surface area contributed by atoms with Crippen molar-refractivity contribution in [3.63, 3.8) is 0 Å². The Kier molecular flexibility index (Phi) is 4.16. The van der Waals surface area contributed by atoms with Gasteiger partial charge in [-0.1, -0.05) is 19.3 Å². The molecule has 1 saturated heterocycles. The zero-order chi connectivity index (χ0) is 15.6. The van der Waals surface area contributed by atoms with Crippen LogP contribution in [-0.4, -0.2) is 45.3 Å². The molecule has 0 aromatic carbocycles. The lowest BCUT2D eigenvalue weighted by atomic mass is 9.94. The Hall–Kier alpha value is -1.69. The fourth-order valence-corrected chi connectivity index (χ4v) is 3.91. The first-order chi connectivity index (χ1) is 11.3. The fraction of sp³-hybridized carbons (Fsp3) is 0.706. The molecule has 6 nitrogen and oxygen atoms in total. The standard InChI is InChI=1S/C17H25N5O/c1-21(13-6-3-2-4-7-13)16-15-17(19-11-18-16)22(12-20-15)10-14-8-5-9-23-14/h11-14H,2-10H2,1H3. The smallest absolute Gasteiger partial charge is 0.165 e. The molecule has 1 unspecified atom stereocenters. The minimum atomic E-state index is 0.293. The summed E-state index contributed by atoms with van der Waals surface area (Å²) < 4.78 is 7.86. The molecular formula is C17H25N5O. The number of fused-ring (bicyclic) bond motifs is 1. The summed E-state index contributed by atoms with van der Waals surface area (Å²) in [5.74, 6) is 0.966. The zero-order valence-corrected chi connectivity index (χ0v) is 13.8. The first-order valence-electron chi connectivity index (χ1n) is 8.83. The van der Waals surface area contributed by atoms with Crippen molar-refractivity contribution in [1.29, 1.82) is 0 Å². The summed E-state index contributed by atoms with van der Waals surface area (Å²) in [6, 6.07) is 0.574. The quantitative estimate of drug-likeness (QED) is 0.868. The zero-order valence-electron chi connectivity index (χ0n) is 13.8. The predicted octanol–water partition coefficient (Wildman–Crippen LogP) is 2.77. The number of nitrogens with zero attached hydrogens (tertiary/aromatic N) is 5. The SMILES string of the molecule is CN(c1ncnc2c1ncn2CC1CCCO1)C1CCCCC1. The van der Waals surface area contributed by atoms with Crippen molar-refractivity contribution in [2.75, 3.05) is 18.6 Å². The van der Waals surface area contributed by atoms with Gasteiger partial charge in [-0.05, 0) is 25.7 Å². The van der Waals surface area contributed by atoms with Gasteiger partial charge in [-0.3, -0.25) is 0 Å². The Bertz CT molecular complexity index is 658. The number of imidazole rings is 1. The third-order valence-electron chi connectivity index (χ3n) is 5.26. The van der Waals surface area contributed by atoms with E-state index in [0.29, 0.717) is 12.1 Å². The van der Waals surface area contributed by atoms with Crippen molar-refractivity contribution in [2.24, 2.45) is 0 Å². The van der Waals surface area contributed by atoms with Crippen molar-refractivity contribution in [3.05, 3.63) is 12.7 Å². The third-order valence-corrected chi connectivity index (χ3v) is 5.26. The van der Waals surface area contributed by atoms with E-state index in [4.69, 9.17) is 4.74 Å². The fourth-order valence-electron chi connectivity index (χ4n) is 3.91. The molecule has 124 valence electrons. The molecule has 0 radical (unpaired) electrons. The largest absolute Gasteiger partial charge is 0.376 e. The molecule has 2 aromatic rings. The molecule has 6 heteroatoms. The van der Waals surface area contributed by atoms with Gasteiger partial charge < -0.3 is 14.2 Å². The van der Waals surface area contributed by atoms with Crippen LogP contribution in [-0.2, 0) is 11.3 Å². The Labute approximate surface area is 136 Å². The Morgan fingerprint density at radius 1 is 1.13 bits per heavy atom. The average Bonchev–Trinajstić information content (AvgIpc) is 3.25. The van der Waals surface area contributed by atoms with Crippen molar-refractivity contribution >= 4 is 17.0 Å². The maximum atomic E-state index is 5.75.